The number of hydrogen-bond donors (Lipinski definition) is 2. The molecule has 3 rings (SSSR count). The SMILES string of the molecule is COCC(O)CNC1CC2(CCCC2)Oc2ccccc21. The van der Waals surface area contributed by atoms with E-state index >= 15 is 0 Å². The molecule has 1 heterocycles. The van der Waals surface area contributed by atoms with Crippen LogP contribution in [0.5, 0.6) is 5.75 Å². The summed E-state index contributed by atoms with van der Waals surface area (Å²) in [5.74, 6) is 1.00. The second-order valence-electron chi connectivity index (χ2n) is 6.30. The van der Waals surface area contributed by atoms with Crippen molar-refractivity contribution in [2.45, 2.75) is 49.9 Å². The molecule has 1 aromatic carbocycles. The second kappa shape index (κ2) is 6.34. The van der Waals surface area contributed by atoms with E-state index in [2.05, 4.69) is 23.5 Å². The highest BCUT2D eigenvalue weighted by atomic mass is 16.5. The lowest BCUT2D eigenvalue weighted by Crippen LogP contribution is -2.44. The zero-order valence-corrected chi connectivity index (χ0v) is 12.7. The van der Waals surface area contributed by atoms with Gasteiger partial charge >= 0.3 is 0 Å². The quantitative estimate of drug-likeness (QED) is 0.875. The van der Waals surface area contributed by atoms with Crippen LogP contribution in [0.4, 0.5) is 0 Å². The van der Waals surface area contributed by atoms with Crippen molar-refractivity contribution in [3.63, 3.8) is 0 Å². The summed E-state index contributed by atoms with van der Waals surface area (Å²) >= 11 is 0. The summed E-state index contributed by atoms with van der Waals surface area (Å²) in [6.07, 6.45) is 5.30. The summed E-state index contributed by atoms with van der Waals surface area (Å²) < 4.78 is 11.3. The van der Waals surface area contributed by atoms with Gasteiger partial charge in [0, 0.05) is 31.7 Å². The minimum absolute atomic E-state index is 0.00176. The maximum Gasteiger partial charge on any atom is 0.124 e. The lowest BCUT2D eigenvalue weighted by molar-refractivity contribution is 0.0284. The number of hydrogen-bond acceptors (Lipinski definition) is 4. The molecule has 2 atom stereocenters. The summed E-state index contributed by atoms with van der Waals surface area (Å²) in [6, 6.07) is 8.52. The standard InChI is InChI=1S/C17H25NO3/c1-20-12-13(19)11-18-15-10-17(8-4-5-9-17)21-16-7-3-2-6-14(15)16/h2-3,6-7,13,15,18-19H,4-5,8-12H2,1H3. The molecule has 0 saturated heterocycles. The molecule has 0 bridgehead atoms. The van der Waals surface area contributed by atoms with E-state index in [0.29, 0.717) is 13.2 Å². The highest BCUT2D eigenvalue weighted by Crippen LogP contribution is 2.46. The molecule has 0 aromatic heterocycles. The van der Waals surface area contributed by atoms with Gasteiger partial charge in [-0.25, -0.2) is 0 Å². The third kappa shape index (κ3) is 3.23. The molecular weight excluding hydrogens is 266 g/mol. The Labute approximate surface area is 126 Å². The topological polar surface area (TPSA) is 50.7 Å². The normalized spacial score (nSPS) is 24.6. The molecule has 116 valence electrons. The molecular formula is C17H25NO3. The van der Waals surface area contributed by atoms with Crippen molar-refractivity contribution < 1.29 is 14.6 Å². The van der Waals surface area contributed by atoms with Crippen molar-refractivity contribution in [3.05, 3.63) is 29.8 Å². The molecule has 0 amide bonds. The van der Waals surface area contributed by atoms with Crippen LogP contribution in [-0.2, 0) is 4.74 Å². The van der Waals surface area contributed by atoms with E-state index < -0.39 is 6.10 Å². The largest absolute Gasteiger partial charge is 0.487 e. The predicted octanol–water partition coefficient (Wildman–Crippen LogP) is 2.42. The van der Waals surface area contributed by atoms with Crippen LogP contribution in [0.25, 0.3) is 0 Å². The first-order valence-electron chi connectivity index (χ1n) is 7.91. The van der Waals surface area contributed by atoms with Crippen LogP contribution >= 0.6 is 0 Å². The average Bonchev–Trinajstić information content (AvgIpc) is 2.93. The van der Waals surface area contributed by atoms with Crippen LogP contribution in [0.3, 0.4) is 0 Å². The van der Waals surface area contributed by atoms with Gasteiger partial charge < -0.3 is 19.9 Å². The maximum absolute atomic E-state index is 9.87. The molecule has 1 spiro atoms. The minimum Gasteiger partial charge on any atom is -0.487 e. The number of aliphatic hydroxyl groups excluding tert-OH is 1. The summed E-state index contributed by atoms with van der Waals surface area (Å²) in [4.78, 5) is 0. The van der Waals surface area contributed by atoms with Crippen LogP contribution in [0.1, 0.15) is 43.7 Å². The van der Waals surface area contributed by atoms with Crippen LogP contribution in [0.15, 0.2) is 24.3 Å². The van der Waals surface area contributed by atoms with E-state index in [1.165, 1.54) is 18.4 Å². The zero-order chi connectivity index (χ0) is 14.7. The molecule has 1 aliphatic carbocycles. The van der Waals surface area contributed by atoms with Gasteiger partial charge in [-0.3, -0.25) is 0 Å². The molecule has 1 aromatic rings. The van der Waals surface area contributed by atoms with Gasteiger partial charge in [-0.15, -0.1) is 0 Å². The van der Waals surface area contributed by atoms with Gasteiger partial charge in [0.1, 0.15) is 11.4 Å². The summed E-state index contributed by atoms with van der Waals surface area (Å²) in [7, 11) is 1.61. The number of nitrogens with one attached hydrogen (secondary N) is 1. The van der Waals surface area contributed by atoms with Crippen molar-refractivity contribution in [1.82, 2.24) is 5.32 Å². The number of fused-ring (bicyclic) bond motifs is 1. The summed E-state index contributed by atoms with van der Waals surface area (Å²) in [5, 5.41) is 13.4. The van der Waals surface area contributed by atoms with Crippen molar-refractivity contribution in [1.29, 1.82) is 0 Å². The van der Waals surface area contributed by atoms with E-state index in [0.717, 1.165) is 25.0 Å². The Balaban J connectivity index is 1.74. The molecule has 1 aliphatic heterocycles. The predicted molar refractivity (Wildman–Crippen MR) is 81.5 cm³/mol. The van der Waals surface area contributed by atoms with Gasteiger partial charge in [0.2, 0.25) is 0 Å². The average molecular weight is 291 g/mol. The molecule has 4 nitrogen and oxygen atoms in total. The summed E-state index contributed by atoms with van der Waals surface area (Å²) in [6.45, 7) is 0.909. The number of aliphatic hydroxyl groups is 1. The second-order valence-corrected chi connectivity index (χ2v) is 6.30. The lowest BCUT2D eigenvalue weighted by Gasteiger charge is -2.40. The van der Waals surface area contributed by atoms with Crippen molar-refractivity contribution in [2.75, 3.05) is 20.3 Å². The first-order chi connectivity index (χ1) is 10.2. The Kier molecular flexibility index (Phi) is 4.48. The van der Waals surface area contributed by atoms with Gasteiger partial charge in [0.25, 0.3) is 0 Å². The van der Waals surface area contributed by atoms with E-state index in [1.807, 2.05) is 6.07 Å². The third-order valence-corrected chi connectivity index (χ3v) is 4.67. The Hall–Kier alpha value is -1.10. The molecule has 1 fully saturated rings. The van der Waals surface area contributed by atoms with E-state index in [-0.39, 0.29) is 11.6 Å². The minimum atomic E-state index is -0.468. The van der Waals surface area contributed by atoms with E-state index in [4.69, 9.17) is 9.47 Å². The fourth-order valence-corrected chi connectivity index (χ4v) is 3.66. The van der Waals surface area contributed by atoms with Crippen molar-refractivity contribution in [2.24, 2.45) is 0 Å². The Morgan fingerprint density at radius 2 is 2.14 bits per heavy atom. The lowest BCUT2D eigenvalue weighted by atomic mass is 9.86. The molecule has 2 aliphatic rings. The van der Waals surface area contributed by atoms with Gasteiger partial charge in [0.05, 0.1) is 12.7 Å². The maximum atomic E-state index is 9.87. The van der Waals surface area contributed by atoms with Gasteiger partial charge in [0.15, 0.2) is 0 Å². The third-order valence-electron chi connectivity index (χ3n) is 4.67. The Bertz CT molecular complexity index is 471. The Morgan fingerprint density at radius 1 is 1.38 bits per heavy atom. The van der Waals surface area contributed by atoms with Crippen molar-refractivity contribution in [3.8, 4) is 5.75 Å². The smallest absolute Gasteiger partial charge is 0.124 e. The van der Waals surface area contributed by atoms with Gasteiger partial charge in [-0.05, 0) is 31.7 Å². The molecule has 0 radical (unpaired) electrons. The number of benzene rings is 1. The monoisotopic (exact) mass is 291 g/mol. The van der Waals surface area contributed by atoms with Gasteiger partial charge in [-0.2, -0.15) is 0 Å². The fourth-order valence-electron chi connectivity index (χ4n) is 3.66. The van der Waals surface area contributed by atoms with Crippen LogP contribution < -0.4 is 10.1 Å². The molecule has 4 heteroatoms. The molecule has 2 unspecified atom stereocenters. The number of ether oxygens (including phenoxy) is 2. The summed E-state index contributed by atoms with van der Waals surface area (Å²) in [5.41, 5.74) is 1.21. The molecule has 1 saturated carbocycles. The van der Waals surface area contributed by atoms with E-state index in [1.54, 1.807) is 7.11 Å². The van der Waals surface area contributed by atoms with Crippen LogP contribution in [-0.4, -0.2) is 37.1 Å². The van der Waals surface area contributed by atoms with Crippen LogP contribution in [0.2, 0.25) is 0 Å². The molecule has 2 N–H and O–H groups in total. The first kappa shape index (κ1) is 14.8. The highest BCUT2D eigenvalue weighted by Gasteiger charge is 2.42. The van der Waals surface area contributed by atoms with Crippen molar-refractivity contribution >= 4 is 0 Å². The zero-order valence-electron chi connectivity index (χ0n) is 12.7. The number of rotatable bonds is 5. The fraction of sp³-hybridized carbons (Fsp3) is 0.647. The first-order valence-corrected chi connectivity index (χ1v) is 7.91. The van der Waals surface area contributed by atoms with Gasteiger partial charge in [-0.1, -0.05) is 18.2 Å². The number of para-hydroxylation sites is 1. The molecule has 21 heavy (non-hydrogen) atoms. The van der Waals surface area contributed by atoms with E-state index in [9.17, 15) is 5.11 Å². The highest BCUT2D eigenvalue weighted by molar-refractivity contribution is 5.39. The Morgan fingerprint density at radius 3 is 2.90 bits per heavy atom. The number of methoxy groups -OCH3 is 1. The van der Waals surface area contributed by atoms with Crippen LogP contribution in [0, 0.1) is 0 Å².